The lowest BCUT2D eigenvalue weighted by Crippen LogP contribution is -2.27. The molecular weight excluding hydrogens is 364 g/mol. The van der Waals surface area contributed by atoms with Crippen molar-refractivity contribution in [1.29, 1.82) is 0 Å². The van der Waals surface area contributed by atoms with Crippen LogP contribution in [0.15, 0.2) is 41.1 Å². The molecule has 3 aromatic heterocycles. The van der Waals surface area contributed by atoms with Gasteiger partial charge in [0.1, 0.15) is 11.6 Å². The predicted octanol–water partition coefficient (Wildman–Crippen LogP) is 3.98. The lowest BCUT2D eigenvalue weighted by molar-refractivity contribution is 0.142. The summed E-state index contributed by atoms with van der Waals surface area (Å²) in [7, 11) is 0. The average Bonchev–Trinajstić information content (AvgIpc) is 3.42. The minimum absolute atomic E-state index is 0.385. The summed E-state index contributed by atoms with van der Waals surface area (Å²) in [6, 6.07) is 9.21. The minimum atomic E-state index is -1.72. The number of H-pyrrole nitrogens is 1. The molecule has 0 radical (unpaired) electrons. The maximum atomic E-state index is 11.6. The van der Waals surface area contributed by atoms with E-state index in [4.69, 9.17) is 15.9 Å². The van der Waals surface area contributed by atoms with Crippen LogP contribution < -0.4 is 0 Å². The molecule has 144 valence electrons. The van der Waals surface area contributed by atoms with Crippen LogP contribution in [0.4, 0.5) is 0 Å². The van der Waals surface area contributed by atoms with Gasteiger partial charge in [0.2, 0.25) is 0 Å². The number of aliphatic hydroxyl groups is 1. The molecule has 1 aliphatic rings. The fraction of sp³-hybridized carbons (Fsp3) is 0.261. The zero-order valence-corrected chi connectivity index (χ0v) is 16.2. The summed E-state index contributed by atoms with van der Waals surface area (Å²) in [5, 5.41) is 15.7. The first kappa shape index (κ1) is 17.7. The Morgan fingerprint density at radius 3 is 2.72 bits per heavy atom. The van der Waals surface area contributed by atoms with E-state index in [-0.39, 0.29) is 0 Å². The van der Waals surface area contributed by atoms with Crippen LogP contribution in [0, 0.1) is 26.2 Å². The maximum absolute atomic E-state index is 11.6. The second-order valence-corrected chi connectivity index (χ2v) is 7.59. The number of hydrogen-bond donors (Lipinski definition) is 2. The molecule has 0 amide bonds. The van der Waals surface area contributed by atoms with Gasteiger partial charge >= 0.3 is 0 Å². The predicted molar refractivity (Wildman–Crippen MR) is 109 cm³/mol. The van der Waals surface area contributed by atoms with Crippen molar-refractivity contribution in [3.8, 4) is 23.5 Å². The molecule has 2 N–H and O–H groups in total. The Morgan fingerprint density at radius 2 is 2.10 bits per heavy atom. The molecule has 0 saturated heterocycles. The zero-order valence-electron chi connectivity index (χ0n) is 16.2. The number of nitrogens with zero attached hydrogens (tertiary/aromatic N) is 3. The van der Waals surface area contributed by atoms with Crippen molar-refractivity contribution in [1.82, 2.24) is 20.1 Å². The van der Waals surface area contributed by atoms with Crippen LogP contribution in [0.5, 0.6) is 0 Å². The summed E-state index contributed by atoms with van der Waals surface area (Å²) in [5.74, 6) is 4.63. The van der Waals surface area contributed by atoms with Crippen molar-refractivity contribution in [3.05, 3.63) is 65.1 Å². The Bertz CT molecular complexity index is 1240. The van der Waals surface area contributed by atoms with Gasteiger partial charge < -0.3 is 14.6 Å². The zero-order chi connectivity index (χ0) is 20.2. The molecule has 1 saturated carbocycles. The molecule has 6 heteroatoms. The van der Waals surface area contributed by atoms with Gasteiger partial charge in [0.25, 0.3) is 0 Å². The number of aromatic nitrogens is 4. The van der Waals surface area contributed by atoms with Gasteiger partial charge in [-0.05, 0) is 56.5 Å². The largest absolute Gasteiger partial charge is 0.368 e. The highest BCUT2D eigenvalue weighted by Gasteiger charge is 2.36. The number of terminal acetylenes is 1. The van der Waals surface area contributed by atoms with Crippen LogP contribution >= 0.6 is 0 Å². The van der Waals surface area contributed by atoms with Gasteiger partial charge in [-0.2, -0.15) is 0 Å². The fourth-order valence-corrected chi connectivity index (χ4v) is 3.87. The fourth-order valence-electron chi connectivity index (χ4n) is 3.87. The smallest absolute Gasteiger partial charge is 0.195 e. The van der Waals surface area contributed by atoms with Crippen LogP contribution in [-0.4, -0.2) is 25.2 Å². The minimum Gasteiger partial charge on any atom is -0.368 e. The van der Waals surface area contributed by atoms with Crippen molar-refractivity contribution < 1.29 is 9.63 Å². The number of benzene rings is 1. The van der Waals surface area contributed by atoms with Gasteiger partial charge in [0.15, 0.2) is 5.60 Å². The number of fused-ring (bicyclic) bond motifs is 1. The van der Waals surface area contributed by atoms with E-state index in [1.54, 1.807) is 24.4 Å². The first-order valence-electron chi connectivity index (χ1n) is 9.60. The van der Waals surface area contributed by atoms with E-state index in [1.165, 1.54) is 0 Å². The van der Waals surface area contributed by atoms with Crippen molar-refractivity contribution in [2.75, 3.05) is 0 Å². The highest BCUT2D eigenvalue weighted by atomic mass is 16.5. The molecule has 29 heavy (non-hydrogen) atoms. The molecule has 4 aromatic rings. The average molecular weight is 384 g/mol. The summed E-state index contributed by atoms with van der Waals surface area (Å²) >= 11 is 0. The first-order chi connectivity index (χ1) is 14.0. The van der Waals surface area contributed by atoms with E-state index in [9.17, 15) is 5.11 Å². The Balaban J connectivity index is 1.82. The van der Waals surface area contributed by atoms with Gasteiger partial charge in [0, 0.05) is 23.2 Å². The number of aryl methyl sites for hydroxylation is 2. The van der Waals surface area contributed by atoms with E-state index in [0.717, 1.165) is 41.0 Å². The molecule has 5 rings (SSSR count). The van der Waals surface area contributed by atoms with E-state index in [0.29, 0.717) is 28.5 Å². The van der Waals surface area contributed by atoms with Crippen LogP contribution in [-0.2, 0) is 5.60 Å². The van der Waals surface area contributed by atoms with Gasteiger partial charge in [-0.1, -0.05) is 17.1 Å². The van der Waals surface area contributed by atoms with Crippen LogP contribution in [0.2, 0.25) is 0 Å². The van der Waals surface area contributed by atoms with Gasteiger partial charge in [-0.25, -0.2) is 4.98 Å². The van der Waals surface area contributed by atoms with Gasteiger partial charge in [-0.15, -0.1) is 6.42 Å². The summed E-state index contributed by atoms with van der Waals surface area (Å²) in [6.07, 6.45) is 9.71. The van der Waals surface area contributed by atoms with Crippen LogP contribution in [0.25, 0.3) is 22.2 Å². The number of imidazole rings is 1. The van der Waals surface area contributed by atoms with Crippen LogP contribution in [0.3, 0.4) is 0 Å². The monoisotopic (exact) mass is 384 g/mol. The number of rotatable bonds is 4. The Morgan fingerprint density at radius 1 is 1.28 bits per heavy atom. The lowest BCUT2D eigenvalue weighted by atomic mass is 9.87. The molecule has 0 spiro atoms. The number of aromatic amines is 1. The van der Waals surface area contributed by atoms with Gasteiger partial charge in [-0.3, -0.25) is 4.98 Å². The summed E-state index contributed by atoms with van der Waals surface area (Å²) in [4.78, 5) is 12.6. The van der Waals surface area contributed by atoms with Crippen molar-refractivity contribution in [3.63, 3.8) is 0 Å². The summed E-state index contributed by atoms with van der Waals surface area (Å²) in [6.45, 7) is 3.76. The molecule has 0 bridgehead atoms. The topological polar surface area (TPSA) is 87.8 Å². The highest BCUT2D eigenvalue weighted by Crippen LogP contribution is 2.42. The van der Waals surface area contributed by atoms with Gasteiger partial charge in [0.05, 0.1) is 22.4 Å². The van der Waals surface area contributed by atoms with Crippen molar-refractivity contribution in [2.45, 2.75) is 38.2 Å². The normalized spacial score (nSPS) is 15.9. The standard InChI is InChI=1S/C23H20N4O2/c1-4-23(28,19-7-5-6-10-24-19)17-11-16(20-13(2)27-29-14(20)3)12-18-21(17)26-22(25-18)15-8-9-15/h1,5-7,10-12,15,28H,8-9H2,2-3H3,(H,25,26). The number of hydrogen-bond acceptors (Lipinski definition) is 5. The molecule has 1 unspecified atom stereocenters. The highest BCUT2D eigenvalue weighted by molar-refractivity contribution is 5.88. The number of nitrogens with one attached hydrogen (secondary N) is 1. The van der Waals surface area contributed by atoms with E-state index in [1.807, 2.05) is 26.0 Å². The maximum Gasteiger partial charge on any atom is 0.195 e. The SMILES string of the molecule is C#CC(O)(c1ccccn1)c1cc(-c2c(C)noc2C)cc2[nH]c(C3CC3)nc12. The molecule has 6 nitrogen and oxygen atoms in total. The Hall–Kier alpha value is -3.43. The molecule has 1 atom stereocenters. The Kier molecular flexibility index (Phi) is 3.83. The third-order valence-corrected chi connectivity index (χ3v) is 5.53. The molecule has 0 aliphatic heterocycles. The third kappa shape index (κ3) is 2.74. The van der Waals surface area contributed by atoms with E-state index in [2.05, 4.69) is 21.0 Å². The summed E-state index contributed by atoms with van der Waals surface area (Å²) < 4.78 is 5.36. The van der Waals surface area contributed by atoms with E-state index >= 15 is 0 Å². The Labute approximate surface area is 168 Å². The summed E-state index contributed by atoms with van der Waals surface area (Å²) in [5.41, 5.74) is 3.19. The lowest BCUT2D eigenvalue weighted by Gasteiger charge is -2.23. The second kappa shape index (κ2) is 6.29. The van der Waals surface area contributed by atoms with Crippen molar-refractivity contribution >= 4 is 11.0 Å². The molecule has 1 fully saturated rings. The van der Waals surface area contributed by atoms with E-state index < -0.39 is 5.60 Å². The molecule has 1 aliphatic carbocycles. The van der Waals surface area contributed by atoms with Crippen LogP contribution in [0.1, 0.15) is 47.3 Å². The number of pyridine rings is 1. The second-order valence-electron chi connectivity index (χ2n) is 7.59. The first-order valence-corrected chi connectivity index (χ1v) is 9.60. The third-order valence-electron chi connectivity index (χ3n) is 5.53. The van der Waals surface area contributed by atoms with Crippen molar-refractivity contribution in [2.24, 2.45) is 0 Å². The molecule has 3 heterocycles. The molecular formula is C23H20N4O2. The molecule has 1 aromatic carbocycles. The quantitative estimate of drug-likeness (QED) is 0.520.